The molecule has 4 rings (SSSR count). The molecule has 0 aliphatic carbocycles. The lowest BCUT2D eigenvalue weighted by Crippen LogP contribution is -2.28. The van der Waals surface area contributed by atoms with Crippen molar-refractivity contribution in [2.75, 3.05) is 13.1 Å². The van der Waals surface area contributed by atoms with Gasteiger partial charge in [-0.25, -0.2) is 4.52 Å². The van der Waals surface area contributed by atoms with Crippen LogP contribution in [-0.4, -0.2) is 27.7 Å². The summed E-state index contributed by atoms with van der Waals surface area (Å²) in [5, 5.41) is 7.79. The maximum atomic E-state index is 13.0. The molecule has 10 heteroatoms. The molecule has 0 atom stereocenters. The molecule has 0 spiro atoms. The molecule has 1 aliphatic heterocycles. The van der Waals surface area contributed by atoms with Crippen LogP contribution in [0.4, 0.5) is 13.2 Å². The van der Waals surface area contributed by atoms with Gasteiger partial charge in [0.2, 0.25) is 0 Å². The molecule has 1 fully saturated rings. The Labute approximate surface area is 156 Å². The van der Waals surface area contributed by atoms with E-state index in [1.54, 1.807) is 0 Å². The summed E-state index contributed by atoms with van der Waals surface area (Å²) in [4.78, 5) is 14.7. The molecule has 2 aromatic heterocycles. The lowest BCUT2D eigenvalue weighted by atomic mass is 9.94. The molecule has 3 heterocycles. The molecule has 0 bridgehead atoms. The van der Waals surface area contributed by atoms with Crippen LogP contribution < -0.4 is 10.9 Å². The molecule has 0 unspecified atom stereocenters. The number of fused-ring (bicyclic) bond motifs is 3. The van der Waals surface area contributed by atoms with Crippen molar-refractivity contribution in [3.8, 4) is 0 Å². The third kappa shape index (κ3) is 3.17. The number of alkyl halides is 3. The number of nitrogens with one attached hydrogen (secondary N) is 2. The Kier molecular flexibility index (Phi) is 4.94. The summed E-state index contributed by atoms with van der Waals surface area (Å²) < 4.78 is 40.6. The van der Waals surface area contributed by atoms with E-state index < -0.39 is 11.7 Å². The van der Waals surface area contributed by atoms with Crippen LogP contribution in [0.5, 0.6) is 0 Å². The summed E-state index contributed by atoms with van der Waals surface area (Å²) in [6.07, 6.45) is -2.86. The minimum absolute atomic E-state index is 0. The van der Waals surface area contributed by atoms with Gasteiger partial charge in [-0.2, -0.15) is 18.3 Å². The topological polar surface area (TPSA) is 62.2 Å². The summed E-state index contributed by atoms with van der Waals surface area (Å²) in [5.74, 6) is 0.112. The molecule has 0 radical (unpaired) electrons. The Balaban J connectivity index is 0.00000196. The molecule has 0 amide bonds. The van der Waals surface area contributed by atoms with Crippen LogP contribution in [0.1, 0.15) is 30.0 Å². The molecule has 2 N–H and O–H groups in total. The van der Waals surface area contributed by atoms with Crippen LogP contribution in [0.2, 0.25) is 5.02 Å². The molecule has 0 saturated carbocycles. The summed E-state index contributed by atoms with van der Waals surface area (Å²) >= 11 is 6.09. The fourth-order valence-corrected chi connectivity index (χ4v) is 3.70. The normalized spacial score (nSPS) is 16.2. The Morgan fingerprint density at radius 1 is 1.19 bits per heavy atom. The number of aromatic nitrogens is 3. The number of H-pyrrole nitrogens is 1. The van der Waals surface area contributed by atoms with Crippen LogP contribution in [0.25, 0.3) is 16.6 Å². The number of halogens is 5. The average Bonchev–Trinajstić information content (AvgIpc) is 2.93. The lowest BCUT2D eigenvalue weighted by molar-refractivity contribution is -0.137. The zero-order chi connectivity index (χ0) is 17.8. The minimum atomic E-state index is -4.51. The summed E-state index contributed by atoms with van der Waals surface area (Å²) in [5.41, 5.74) is -0.0503. The van der Waals surface area contributed by atoms with Crippen LogP contribution in [-0.2, 0) is 6.18 Å². The van der Waals surface area contributed by atoms with Crippen molar-refractivity contribution in [2.45, 2.75) is 24.9 Å². The smallest absolute Gasteiger partial charge is 0.317 e. The highest BCUT2D eigenvalue weighted by atomic mass is 35.5. The Morgan fingerprint density at radius 2 is 1.88 bits per heavy atom. The van der Waals surface area contributed by atoms with Gasteiger partial charge in [-0.15, -0.1) is 12.4 Å². The second-order valence-electron chi connectivity index (χ2n) is 6.19. The lowest BCUT2D eigenvalue weighted by Gasteiger charge is -2.23. The second-order valence-corrected chi connectivity index (χ2v) is 6.60. The number of aromatic amines is 1. The standard InChI is InChI=1S/C16H14ClF3N4O.ClH/c17-10-5-9(16(18,19)20)6-11-14(10)15-22-13(25)7-12(24(15)23-11)8-1-3-21-4-2-8;/h5-8,21H,1-4H2,(H,22,25);1H. The van der Waals surface area contributed by atoms with Gasteiger partial charge in [0.25, 0.3) is 5.56 Å². The van der Waals surface area contributed by atoms with Crippen molar-refractivity contribution in [1.82, 2.24) is 19.9 Å². The number of benzene rings is 1. The second kappa shape index (κ2) is 6.75. The van der Waals surface area contributed by atoms with Gasteiger partial charge in [0, 0.05) is 12.0 Å². The van der Waals surface area contributed by atoms with Gasteiger partial charge >= 0.3 is 6.18 Å². The molecule has 1 aliphatic rings. The quantitative estimate of drug-likeness (QED) is 0.646. The SMILES string of the molecule is Cl.O=c1cc(C2CCNCC2)n2nc3cc(C(F)(F)F)cc(Cl)c3c2[nH]1. The van der Waals surface area contributed by atoms with Crippen molar-refractivity contribution in [2.24, 2.45) is 0 Å². The van der Waals surface area contributed by atoms with Gasteiger partial charge in [-0.1, -0.05) is 11.6 Å². The summed E-state index contributed by atoms with van der Waals surface area (Å²) in [6.45, 7) is 1.64. The van der Waals surface area contributed by atoms with E-state index in [0.717, 1.165) is 38.1 Å². The zero-order valence-corrected chi connectivity index (χ0v) is 14.9. The predicted molar refractivity (Wildman–Crippen MR) is 95.4 cm³/mol. The highest BCUT2D eigenvalue weighted by Gasteiger charge is 2.32. The molecule has 5 nitrogen and oxygen atoms in total. The molecule has 140 valence electrons. The van der Waals surface area contributed by atoms with E-state index in [1.165, 1.54) is 10.6 Å². The fourth-order valence-electron chi connectivity index (χ4n) is 3.39. The van der Waals surface area contributed by atoms with Crippen molar-refractivity contribution < 1.29 is 13.2 Å². The molecule has 1 saturated heterocycles. The van der Waals surface area contributed by atoms with Gasteiger partial charge in [0.15, 0.2) is 0 Å². The number of hydrogen-bond donors (Lipinski definition) is 2. The first-order valence-corrected chi connectivity index (χ1v) is 8.25. The number of piperidine rings is 1. The third-order valence-electron chi connectivity index (χ3n) is 4.58. The van der Waals surface area contributed by atoms with E-state index >= 15 is 0 Å². The first kappa shape index (κ1) is 19.0. The first-order valence-electron chi connectivity index (χ1n) is 7.88. The van der Waals surface area contributed by atoms with Crippen molar-refractivity contribution in [3.63, 3.8) is 0 Å². The van der Waals surface area contributed by atoms with Gasteiger partial charge in [0.1, 0.15) is 5.65 Å². The van der Waals surface area contributed by atoms with Crippen molar-refractivity contribution in [1.29, 1.82) is 0 Å². The number of rotatable bonds is 1. The van der Waals surface area contributed by atoms with Gasteiger partial charge in [-0.05, 0) is 38.1 Å². The average molecular weight is 407 g/mol. The maximum Gasteiger partial charge on any atom is 0.416 e. The first-order chi connectivity index (χ1) is 11.8. The molecule has 26 heavy (non-hydrogen) atoms. The van der Waals surface area contributed by atoms with Gasteiger partial charge < -0.3 is 10.3 Å². The van der Waals surface area contributed by atoms with Crippen LogP contribution in [0.3, 0.4) is 0 Å². The zero-order valence-electron chi connectivity index (χ0n) is 13.4. The van der Waals surface area contributed by atoms with E-state index in [1.807, 2.05) is 0 Å². The number of hydrogen-bond acceptors (Lipinski definition) is 3. The summed E-state index contributed by atoms with van der Waals surface area (Å²) in [6, 6.07) is 3.28. The highest BCUT2D eigenvalue weighted by Crippen LogP contribution is 2.36. The van der Waals surface area contributed by atoms with Crippen molar-refractivity contribution >= 4 is 40.6 Å². The summed E-state index contributed by atoms with van der Waals surface area (Å²) in [7, 11) is 0. The minimum Gasteiger partial charge on any atom is -0.317 e. The highest BCUT2D eigenvalue weighted by molar-refractivity contribution is 6.36. The van der Waals surface area contributed by atoms with E-state index in [2.05, 4.69) is 15.4 Å². The molecule has 1 aromatic carbocycles. The monoisotopic (exact) mass is 406 g/mol. The number of nitrogens with zero attached hydrogens (tertiary/aromatic N) is 2. The van der Waals surface area contributed by atoms with Crippen molar-refractivity contribution in [3.05, 3.63) is 44.8 Å². The maximum absolute atomic E-state index is 13.0. The van der Waals surface area contributed by atoms with Crippen LogP contribution >= 0.6 is 24.0 Å². The molecular weight excluding hydrogens is 392 g/mol. The molecular formula is C16H15Cl2F3N4O. The molecule has 3 aromatic rings. The van der Waals surface area contributed by atoms with E-state index in [0.29, 0.717) is 16.7 Å². The van der Waals surface area contributed by atoms with E-state index in [-0.39, 0.29) is 34.4 Å². The third-order valence-corrected chi connectivity index (χ3v) is 4.87. The van der Waals surface area contributed by atoms with Gasteiger partial charge in [-0.3, -0.25) is 4.79 Å². The van der Waals surface area contributed by atoms with Crippen LogP contribution in [0, 0.1) is 0 Å². The largest absolute Gasteiger partial charge is 0.416 e. The van der Waals surface area contributed by atoms with Crippen LogP contribution in [0.15, 0.2) is 23.0 Å². The fraction of sp³-hybridized carbons (Fsp3) is 0.375. The van der Waals surface area contributed by atoms with E-state index in [4.69, 9.17) is 11.6 Å². The van der Waals surface area contributed by atoms with Gasteiger partial charge in [0.05, 0.1) is 27.2 Å². The van der Waals surface area contributed by atoms with E-state index in [9.17, 15) is 18.0 Å². The Hall–Kier alpha value is -1.77. The predicted octanol–water partition coefficient (Wildman–Crippen LogP) is 3.74. The Bertz CT molecular complexity index is 1020. The Morgan fingerprint density at radius 3 is 2.54 bits per heavy atom.